The van der Waals surface area contributed by atoms with Gasteiger partial charge in [0.2, 0.25) is 0 Å². The van der Waals surface area contributed by atoms with Gasteiger partial charge in [-0.1, -0.05) is 0 Å². The molecule has 0 unspecified atom stereocenters. The third kappa shape index (κ3) is 4.03. The molecule has 1 amide bonds. The van der Waals surface area contributed by atoms with Crippen molar-refractivity contribution in [2.75, 3.05) is 13.1 Å². The molecular formula is C22H23F2N5O2S. The molecule has 2 aromatic heterocycles. The molecule has 0 spiro atoms. The molecule has 1 aromatic carbocycles. The Kier molecular flexibility index (Phi) is 6.07. The molecule has 0 saturated heterocycles. The fourth-order valence-corrected chi connectivity index (χ4v) is 4.77. The summed E-state index contributed by atoms with van der Waals surface area (Å²) in [6.45, 7) is 3.02. The third-order valence-corrected chi connectivity index (χ3v) is 6.87. The van der Waals surface area contributed by atoms with Gasteiger partial charge in [0.05, 0.1) is 6.26 Å². The van der Waals surface area contributed by atoms with Gasteiger partial charge in [-0.15, -0.1) is 0 Å². The van der Waals surface area contributed by atoms with Gasteiger partial charge in [-0.2, -0.15) is 0 Å². The van der Waals surface area contributed by atoms with E-state index in [1.165, 1.54) is 24.4 Å². The zero-order valence-corrected chi connectivity index (χ0v) is 18.5. The number of fused-ring (bicyclic) bond motifs is 1. The zero-order chi connectivity index (χ0) is 23.0. The molecular weight excluding hydrogens is 436 g/mol. The highest BCUT2D eigenvalue weighted by Crippen LogP contribution is 2.31. The predicted octanol–water partition coefficient (Wildman–Crippen LogP) is 3.86. The van der Waals surface area contributed by atoms with Gasteiger partial charge in [0.25, 0.3) is 5.91 Å². The zero-order valence-electron chi connectivity index (χ0n) is 17.7. The van der Waals surface area contributed by atoms with Gasteiger partial charge in [-0.3, -0.25) is 4.79 Å². The maximum Gasteiger partial charge on any atom is 0.268 e. The number of amides is 1. The van der Waals surface area contributed by atoms with Crippen molar-refractivity contribution >= 4 is 35.0 Å². The lowest BCUT2D eigenvalue weighted by Gasteiger charge is -2.26. The van der Waals surface area contributed by atoms with E-state index >= 15 is 0 Å². The Morgan fingerprint density at radius 2 is 2.19 bits per heavy atom. The predicted molar refractivity (Wildman–Crippen MR) is 119 cm³/mol. The van der Waals surface area contributed by atoms with Crippen LogP contribution in [0.1, 0.15) is 28.2 Å². The van der Waals surface area contributed by atoms with Crippen molar-refractivity contribution in [3.8, 4) is 0 Å². The Morgan fingerprint density at radius 1 is 1.41 bits per heavy atom. The van der Waals surface area contributed by atoms with Gasteiger partial charge in [-0.05, 0) is 31.0 Å². The van der Waals surface area contributed by atoms with Gasteiger partial charge in [0.15, 0.2) is 11.6 Å². The number of hydrogen-bond donors (Lipinski definition) is 3. The Hall–Kier alpha value is -3.11. The molecule has 1 aliphatic heterocycles. The molecule has 10 heteroatoms. The summed E-state index contributed by atoms with van der Waals surface area (Å²) in [6.07, 6.45) is 3.31. The van der Waals surface area contributed by atoms with Crippen molar-refractivity contribution in [2.45, 2.75) is 24.8 Å². The van der Waals surface area contributed by atoms with Crippen LogP contribution in [-0.4, -0.2) is 34.1 Å². The van der Waals surface area contributed by atoms with E-state index in [9.17, 15) is 13.6 Å². The summed E-state index contributed by atoms with van der Waals surface area (Å²) < 4.78 is 37.2. The Bertz CT molecular complexity index is 1250. The number of hydrogen-bond acceptors (Lipinski definition) is 6. The van der Waals surface area contributed by atoms with Crippen LogP contribution in [0.2, 0.25) is 0 Å². The van der Waals surface area contributed by atoms with E-state index in [4.69, 9.17) is 15.6 Å². The van der Waals surface area contributed by atoms with E-state index in [2.05, 4.69) is 9.62 Å². The van der Waals surface area contributed by atoms with E-state index in [0.29, 0.717) is 24.0 Å². The Morgan fingerprint density at radius 3 is 2.94 bits per heavy atom. The third-order valence-electron chi connectivity index (χ3n) is 5.69. The molecule has 0 atom stereocenters. The first kappa shape index (κ1) is 22.1. The number of carbonyl (C=O) groups is 1. The first-order chi connectivity index (χ1) is 15.3. The highest BCUT2D eigenvalue weighted by Gasteiger charge is 2.22. The minimum Gasteiger partial charge on any atom is -0.464 e. The van der Waals surface area contributed by atoms with Gasteiger partial charge >= 0.3 is 0 Å². The molecule has 3 aromatic rings. The molecule has 4 N–H and O–H groups in total. The number of nitrogens with zero attached hydrogens (tertiary/aromatic N) is 2. The number of rotatable bonds is 6. The van der Waals surface area contributed by atoms with E-state index in [0.717, 1.165) is 34.5 Å². The van der Waals surface area contributed by atoms with Crippen LogP contribution in [-0.2, 0) is 13.6 Å². The molecule has 3 heterocycles. The summed E-state index contributed by atoms with van der Waals surface area (Å²) in [6, 6.07) is 4.31. The normalized spacial score (nSPS) is 14.9. The van der Waals surface area contributed by atoms with Gasteiger partial charge in [-0.25, -0.2) is 13.1 Å². The van der Waals surface area contributed by atoms with Gasteiger partial charge in [0.1, 0.15) is 11.3 Å². The molecule has 1 aliphatic rings. The minimum absolute atomic E-state index is 0.0412. The van der Waals surface area contributed by atoms with Crippen LogP contribution in [0.15, 0.2) is 45.0 Å². The summed E-state index contributed by atoms with van der Waals surface area (Å²) in [5.74, 6) is -2.42. The monoisotopic (exact) mass is 459 g/mol. The average molecular weight is 460 g/mol. The van der Waals surface area contributed by atoms with Crippen LogP contribution >= 0.6 is 11.9 Å². The lowest BCUT2D eigenvalue weighted by atomic mass is 10.1. The number of aromatic nitrogens is 1. The van der Waals surface area contributed by atoms with Crippen LogP contribution in [0.25, 0.3) is 11.0 Å². The highest BCUT2D eigenvalue weighted by atomic mass is 32.2. The summed E-state index contributed by atoms with van der Waals surface area (Å²) in [4.78, 5) is 13.8. The maximum atomic E-state index is 14.3. The van der Waals surface area contributed by atoms with Crippen molar-refractivity contribution in [2.24, 2.45) is 12.8 Å². The van der Waals surface area contributed by atoms with Crippen molar-refractivity contribution in [1.82, 2.24) is 14.2 Å². The van der Waals surface area contributed by atoms with Crippen LogP contribution in [0.5, 0.6) is 0 Å². The second-order valence-corrected chi connectivity index (χ2v) is 8.74. The van der Waals surface area contributed by atoms with Crippen molar-refractivity contribution < 1.29 is 18.0 Å². The molecule has 32 heavy (non-hydrogen) atoms. The minimum atomic E-state index is -1.02. The van der Waals surface area contributed by atoms with Crippen molar-refractivity contribution in [1.29, 1.82) is 5.41 Å². The lowest BCUT2D eigenvalue weighted by molar-refractivity contribution is 0.0942. The summed E-state index contributed by atoms with van der Waals surface area (Å²) >= 11 is 1.50. The molecule has 7 nitrogen and oxygen atoms in total. The van der Waals surface area contributed by atoms with E-state index in [1.54, 1.807) is 23.7 Å². The number of benzene rings is 1. The smallest absolute Gasteiger partial charge is 0.268 e. The van der Waals surface area contributed by atoms with Gasteiger partial charge in [0, 0.05) is 78.2 Å². The Balaban J connectivity index is 1.50. The first-order valence-electron chi connectivity index (χ1n) is 9.99. The highest BCUT2D eigenvalue weighted by molar-refractivity contribution is 7.97. The lowest BCUT2D eigenvalue weighted by Crippen LogP contribution is -2.29. The summed E-state index contributed by atoms with van der Waals surface area (Å²) in [5.41, 5.74) is 9.04. The SMILES string of the molecule is Cc1c(SN2CCC(N)=C(C=N)C2)cc(C(=O)NCc2c(F)c(F)cc3occc23)n1C. The van der Waals surface area contributed by atoms with Gasteiger partial charge < -0.3 is 25.4 Å². The molecule has 168 valence electrons. The molecule has 0 aliphatic carbocycles. The molecule has 0 radical (unpaired) electrons. The van der Waals surface area contributed by atoms with Crippen LogP contribution in [0.3, 0.4) is 0 Å². The van der Waals surface area contributed by atoms with Crippen LogP contribution in [0.4, 0.5) is 8.78 Å². The summed E-state index contributed by atoms with van der Waals surface area (Å²) in [5, 5.41) is 10.6. The second kappa shape index (κ2) is 8.79. The number of furan rings is 1. The van der Waals surface area contributed by atoms with E-state index in [1.807, 2.05) is 6.92 Å². The molecule has 0 bridgehead atoms. The number of nitrogens with one attached hydrogen (secondary N) is 2. The number of nitrogens with two attached hydrogens (primary N) is 1. The second-order valence-electron chi connectivity index (χ2n) is 7.60. The standard InChI is InChI=1S/C22H23F2N5O2S/c1-12-20(32-29-5-3-17(26)13(9-25)11-29)8-18(28(12)2)22(30)27-10-15-14-4-6-31-19(14)7-16(23)21(15)24/h4,6-9,25H,3,5,10-11,26H2,1-2H3,(H,27,30). The number of carbonyl (C=O) groups excluding carboxylic acids is 1. The molecule has 0 fully saturated rings. The van der Waals surface area contributed by atoms with Crippen LogP contribution in [0, 0.1) is 24.0 Å². The fraction of sp³-hybridized carbons (Fsp3) is 0.273. The molecule has 0 saturated carbocycles. The van der Waals surface area contributed by atoms with Crippen LogP contribution < -0.4 is 11.1 Å². The largest absolute Gasteiger partial charge is 0.464 e. The van der Waals surface area contributed by atoms with E-state index in [-0.39, 0.29) is 17.7 Å². The summed E-state index contributed by atoms with van der Waals surface area (Å²) in [7, 11) is 1.78. The molecule has 4 rings (SSSR count). The Labute approximate surface area is 187 Å². The van der Waals surface area contributed by atoms with E-state index < -0.39 is 17.5 Å². The number of halogens is 2. The maximum absolute atomic E-state index is 14.3. The quantitative estimate of drug-likeness (QED) is 0.384. The topological polar surface area (TPSA) is 100 Å². The average Bonchev–Trinajstić information content (AvgIpc) is 3.34. The fourth-order valence-electron chi connectivity index (χ4n) is 3.67. The van der Waals surface area contributed by atoms with Crippen molar-refractivity contribution in [3.05, 3.63) is 64.3 Å². The first-order valence-corrected chi connectivity index (χ1v) is 10.8. The van der Waals surface area contributed by atoms with Crippen molar-refractivity contribution in [3.63, 3.8) is 0 Å².